The number of nitro groups is 1. The molecule has 6 nitrogen and oxygen atoms in total. The third-order valence-corrected chi connectivity index (χ3v) is 3.30. The second-order valence-corrected chi connectivity index (χ2v) is 6.77. The number of aryl methyl sites for hydroxylation is 1. The second kappa shape index (κ2) is 5.94. The first-order valence-electron chi connectivity index (χ1n) is 7.40. The summed E-state index contributed by atoms with van der Waals surface area (Å²) < 4.78 is 5.43. The number of amides is 1. The van der Waals surface area contributed by atoms with Gasteiger partial charge in [-0.1, -0.05) is 6.07 Å². The van der Waals surface area contributed by atoms with Crippen molar-refractivity contribution in [2.45, 2.75) is 58.7 Å². The van der Waals surface area contributed by atoms with Crippen molar-refractivity contribution in [3.63, 3.8) is 0 Å². The fourth-order valence-electron chi connectivity index (χ4n) is 2.28. The number of rotatable bonds is 4. The van der Waals surface area contributed by atoms with E-state index in [4.69, 9.17) is 4.74 Å². The Hall–Kier alpha value is -2.11. The SMILES string of the molecule is Cc1cc(CN(C(=O)OC(C)(C)C)C2CC2)cc([N+](=O)[O-])c1. The minimum atomic E-state index is -0.553. The molecule has 0 heterocycles. The Balaban J connectivity index is 2.18. The van der Waals surface area contributed by atoms with Gasteiger partial charge in [-0.25, -0.2) is 4.79 Å². The molecule has 0 N–H and O–H groups in total. The molecule has 0 radical (unpaired) electrons. The van der Waals surface area contributed by atoms with Crippen LogP contribution in [-0.2, 0) is 11.3 Å². The highest BCUT2D eigenvalue weighted by Crippen LogP contribution is 2.30. The molecule has 1 aromatic carbocycles. The summed E-state index contributed by atoms with van der Waals surface area (Å²) in [5.41, 5.74) is 1.06. The highest BCUT2D eigenvalue weighted by Gasteiger charge is 2.35. The van der Waals surface area contributed by atoms with Crippen molar-refractivity contribution >= 4 is 11.8 Å². The standard InChI is InChI=1S/C16H22N2O4/c1-11-7-12(9-14(8-11)18(20)21)10-17(13-5-6-13)15(19)22-16(2,3)4/h7-9,13H,5-6,10H2,1-4H3. The van der Waals surface area contributed by atoms with Gasteiger partial charge in [-0.2, -0.15) is 0 Å². The van der Waals surface area contributed by atoms with Crippen molar-refractivity contribution in [1.82, 2.24) is 4.90 Å². The molecular formula is C16H22N2O4. The molecule has 22 heavy (non-hydrogen) atoms. The molecule has 2 rings (SSSR count). The number of hydrogen-bond donors (Lipinski definition) is 0. The first kappa shape index (κ1) is 16.3. The van der Waals surface area contributed by atoms with Crippen LogP contribution in [0.2, 0.25) is 0 Å². The molecule has 1 saturated carbocycles. The number of nitrogens with zero attached hydrogens (tertiary/aromatic N) is 2. The van der Waals surface area contributed by atoms with E-state index in [2.05, 4.69) is 0 Å². The highest BCUT2D eigenvalue weighted by molar-refractivity contribution is 5.69. The van der Waals surface area contributed by atoms with E-state index in [1.165, 1.54) is 12.1 Å². The topological polar surface area (TPSA) is 72.7 Å². The number of benzene rings is 1. The number of ether oxygens (including phenoxy) is 1. The van der Waals surface area contributed by atoms with Crippen LogP contribution in [0.15, 0.2) is 18.2 Å². The molecule has 6 heteroatoms. The summed E-state index contributed by atoms with van der Waals surface area (Å²) in [6.07, 6.45) is 1.54. The lowest BCUT2D eigenvalue weighted by Crippen LogP contribution is -2.37. The van der Waals surface area contributed by atoms with Crippen LogP contribution in [-0.4, -0.2) is 27.6 Å². The monoisotopic (exact) mass is 306 g/mol. The van der Waals surface area contributed by atoms with Crippen LogP contribution in [0.1, 0.15) is 44.7 Å². The van der Waals surface area contributed by atoms with Crippen molar-refractivity contribution in [2.24, 2.45) is 0 Å². The Bertz CT molecular complexity index is 588. The van der Waals surface area contributed by atoms with Crippen molar-refractivity contribution in [1.29, 1.82) is 0 Å². The smallest absolute Gasteiger partial charge is 0.410 e. The quantitative estimate of drug-likeness (QED) is 0.626. The zero-order valence-electron chi connectivity index (χ0n) is 13.5. The molecule has 0 aromatic heterocycles. The van der Waals surface area contributed by atoms with Crippen LogP contribution in [0.25, 0.3) is 0 Å². The number of nitro benzene ring substituents is 1. The van der Waals surface area contributed by atoms with Crippen LogP contribution in [0, 0.1) is 17.0 Å². The van der Waals surface area contributed by atoms with Crippen molar-refractivity contribution in [3.8, 4) is 0 Å². The van der Waals surface area contributed by atoms with E-state index >= 15 is 0 Å². The molecule has 0 saturated heterocycles. The Morgan fingerprint density at radius 1 is 1.36 bits per heavy atom. The summed E-state index contributed by atoms with van der Waals surface area (Å²) in [5.74, 6) is 0. The molecule has 1 aliphatic rings. The van der Waals surface area contributed by atoms with Gasteiger partial charge >= 0.3 is 6.09 Å². The third kappa shape index (κ3) is 4.44. The van der Waals surface area contributed by atoms with E-state index in [1.807, 2.05) is 33.8 Å². The molecule has 1 amide bonds. The lowest BCUT2D eigenvalue weighted by atomic mass is 10.1. The summed E-state index contributed by atoms with van der Waals surface area (Å²) in [5, 5.41) is 11.0. The highest BCUT2D eigenvalue weighted by atomic mass is 16.6. The van der Waals surface area contributed by atoms with E-state index in [1.54, 1.807) is 4.90 Å². The maximum Gasteiger partial charge on any atom is 0.410 e. The summed E-state index contributed by atoms with van der Waals surface area (Å²) in [7, 11) is 0. The first-order valence-corrected chi connectivity index (χ1v) is 7.40. The van der Waals surface area contributed by atoms with E-state index in [9.17, 15) is 14.9 Å². The Labute approximate surface area is 130 Å². The fraction of sp³-hybridized carbons (Fsp3) is 0.562. The number of non-ortho nitro benzene ring substituents is 1. The van der Waals surface area contributed by atoms with Gasteiger partial charge in [0.05, 0.1) is 4.92 Å². The molecule has 1 aliphatic carbocycles. The van der Waals surface area contributed by atoms with E-state index in [-0.39, 0.29) is 17.8 Å². The predicted octanol–water partition coefficient (Wildman–Crippen LogP) is 3.80. The van der Waals surface area contributed by atoms with Crippen LogP contribution in [0.4, 0.5) is 10.5 Å². The molecule has 0 bridgehead atoms. The minimum Gasteiger partial charge on any atom is -0.444 e. The molecule has 0 spiro atoms. The average molecular weight is 306 g/mol. The number of carbonyl (C=O) groups excluding carboxylic acids is 1. The van der Waals surface area contributed by atoms with Crippen LogP contribution in [0.5, 0.6) is 0 Å². The van der Waals surface area contributed by atoms with Crippen LogP contribution in [0.3, 0.4) is 0 Å². The second-order valence-electron chi connectivity index (χ2n) is 6.77. The van der Waals surface area contributed by atoms with Gasteiger partial charge < -0.3 is 9.64 Å². The van der Waals surface area contributed by atoms with Crippen molar-refractivity contribution in [2.75, 3.05) is 0 Å². The Morgan fingerprint density at radius 3 is 2.50 bits per heavy atom. The Morgan fingerprint density at radius 2 is 2.00 bits per heavy atom. The lowest BCUT2D eigenvalue weighted by Gasteiger charge is -2.27. The van der Waals surface area contributed by atoms with E-state index in [0.29, 0.717) is 6.54 Å². The van der Waals surface area contributed by atoms with E-state index in [0.717, 1.165) is 24.0 Å². The minimum absolute atomic E-state index is 0.0509. The van der Waals surface area contributed by atoms with Gasteiger partial charge in [-0.15, -0.1) is 0 Å². The maximum atomic E-state index is 12.3. The summed E-state index contributed by atoms with van der Waals surface area (Å²) in [4.78, 5) is 24.5. The van der Waals surface area contributed by atoms with Gasteiger partial charge in [0.15, 0.2) is 0 Å². The van der Waals surface area contributed by atoms with Crippen LogP contribution < -0.4 is 0 Å². The fourth-order valence-corrected chi connectivity index (χ4v) is 2.28. The summed E-state index contributed by atoms with van der Waals surface area (Å²) in [6, 6.07) is 5.09. The maximum absolute atomic E-state index is 12.3. The van der Waals surface area contributed by atoms with Gasteiger partial charge in [0.25, 0.3) is 5.69 Å². The van der Waals surface area contributed by atoms with Crippen LogP contribution >= 0.6 is 0 Å². The van der Waals surface area contributed by atoms with E-state index < -0.39 is 10.5 Å². The third-order valence-electron chi connectivity index (χ3n) is 3.30. The molecule has 1 fully saturated rings. The normalized spacial score (nSPS) is 14.5. The van der Waals surface area contributed by atoms with Gasteiger partial charge in [-0.3, -0.25) is 10.1 Å². The van der Waals surface area contributed by atoms with Crippen molar-refractivity contribution in [3.05, 3.63) is 39.4 Å². The molecule has 0 atom stereocenters. The van der Waals surface area contributed by atoms with Gasteiger partial charge in [-0.05, 0) is 51.7 Å². The zero-order chi connectivity index (χ0) is 16.5. The molecule has 0 unspecified atom stereocenters. The molecule has 1 aromatic rings. The predicted molar refractivity (Wildman–Crippen MR) is 82.6 cm³/mol. The van der Waals surface area contributed by atoms with Gasteiger partial charge in [0, 0.05) is 24.7 Å². The zero-order valence-corrected chi connectivity index (χ0v) is 13.5. The molecule has 120 valence electrons. The van der Waals surface area contributed by atoms with Crippen molar-refractivity contribution < 1.29 is 14.5 Å². The average Bonchev–Trinajstić information content (AvgIpc) is 3.17. The molecule has 0 aliphatic heterocycles. The molecular weight excluding hydrogens is 284 g/mol. The first-order chi connectivity index (χ1) is 10.2. The largest absolute Gasteiger partial charge is 0.444 e. The van der Waals surface area contributed by atoms with Gasteiger partial charge in [0.2, 0.25) is 0 Å². The number of hydrogen-bond acceptors (Lipinski definition) is 4. The number of carbonyl (C=O) groups is 1. The summed E-state index contributed by atoms with van der Waals surface area (Å²) >= 11 is 0. The summed E-state index contributed by atoms with van der Waals surface area (Å²) in [6.45, 7) is 7.63. The lowest BCUT2D eigenvalue weighted by molar-refractivity contribution is -0.385. The van der Waals surface area contributed by atoms with Gasteiger partial charge in [0.1, 0.15) is 5.60 Å². The Kier molecular flexibility index (Phi) is 4.39.